The van der Waals surface area contributed by atoms with Gasteiger partial charge in [0.25, 0.3) is 5.91 Å². The van der Waals surface area contributed by atoms with Crippen molar-refractivity contribution in [2.75, 3.05) is 37.6 Å². The van der Waals surface area contributed by atoms with E-state index in [2.05, 4.69) is 53.1 Å². The van der Waals surface area contributed by atoms with Gasteiger partial charge in [0.2, 0.25) is 5.91 Å². The molecule has 2 fully saturated rings. The van der Waals surface area contributed by atoms with Crippen molar-refractivity contribution < 1.29 is 28.9 Å². The van der Waals surface area contributed by atoms with E-state index < -0.39 is 13.7 Å². The van der Waals surface area contributed by atoms with Gasteiger partial charge in [-0.15, -0.1) is 5.10 Å². The third-order valence-electron chi connectivity index (χ3n) is 12.9. The van der Waals surface area contributed by atoms with E-state index in [1.54, 1.807) is 14.2 Å². The molecule has 8 rings (SSSR count). The Morgan fingerprint density at radius 1 is 1.02 bits per heavy atom. The second kappa shape index (κ2) is 16.7. The standard InChI is InChI=1S/C46H54N6O6Si/c1-30-43(59(4,5)36-19-16-34(56-2)17-20-36)42(22-24-51-28-40(49-50-51)37(29-53)32-12-7-6-8-13-32)58-46(30)38-26-35(57-3)18-21-41(38)52(45(46)55)27-31-11-9-14-33(25-31)48-44(54)39-15-10-23-47-39/h6-9,11-14,16-21,25-26,28,30,37,39,42-43,47,53H,10,15,22-24,27,29H2,1-5H3,(H,48,54)/t30-,37?,39+,42+,43-,46+/m0/s1. The van der Waals surface area contributed by atoms with Crippen molar-refractivity contribution in [2.24, 2.45) is 5.92 Å². The fourth-order valence-electron chi connectivity index (χ4n) is 9.81. The molecule has 0 radical (unpaired) electrons. The number of amides is 2. The molecule has 308 valence electrons. The van der Waals surface area contributed by atoms with Crippen molar-refractivity contribution in [3.63, 3.8) is 0 Å². The third-order valence-corrected chi connectivity index (χ3v) is 17.3. The number of aliphatic hydroxyl groups is 1. The van der Waals surface area contributed by atoms with Crippen LogP contribution in [-0.4, -0.2) is 79.5 Å². The number of carbonyl (C=O) groups is 2. The number of nitrogens with zero attached hydrogens (tertiary/aromatic N) is 4. The molecular formula is C46H54N6O6Si. The number of aryl methyl sites for hydroxylation is 1. The number of aliphatic hydroxyl groups excluding tert-OH is 1. The van der Waals surface area contributed by atoms with Crippen LogP contribution >= 0.6 is 0 Å². The zero-order valence-electron chi connectivity index (χ0n) is 34.4. The number of nitrogens with one attached hydrogen (secondary N) is 2. The predicted molar refractivity (Wildman–Crippen MR) is 230 cm³/mol. The second-order valence-corrected chi connectivity index (χ2v) is 21.3. The van der Waals surface area contributed by atoms with E-state index in [0.717, 1.165) is 47.5 Å². The third kappa shape index (κ3) is 7.56. The highest BCUT2D eigenvalue weighted by Crippen LogP contribution is 2.60. The number of ether oxygens (including phenoxy) is 3. The first-order valence-electron chi connectivity index (χ1n) is 20.6. The van der Waals surface area contributed by atoms with Crippen molar-refractivity contribution >= 4 is 36.4 Å². The lowest BCUT2D eigenvalue weighted by Crippen LogP contribution is -2.51. The smallest absolute Gasteiger partial charge is 0.264 e. The summed E-state index contributed by atoms with van der Waals surface area (Å²) in [5, 5.41) is 26.9. The average Bonchev–Trinajstić information content (AvgIpc) is 4.06. The van der Waals surface area contributed by atoms with Gasteiger partial charge < -0.3 is 34.9 Å². The average molecular weight is 815 g/mol. The molecule has 6 atom stereocenters. The molecule has 0 bridgehead atoms. The Bertz CT molecular complexity index is 2280. The van der Waals surface area contributed by atoms with Gasteiger partial charge in [0.1, 0.15) is 11.5 Å². The SMILES string of the molecule is COc1ccc([Si](C)(C)[C@@H]2[C@@H](CCn3cc(C(CO)c4ccccc4)nn3)O[C@]3(C(=O)N(Cc4cccc(NC(=O)[C@H]5CCCN5)c4)c4ccc(OC)cc43)[C@H]2C)cc1. The van der Waals surface area contributed by atoms with Gasteiger partial charge >= 0.3 is 0 Å². The van der Waals surface area contributed by atoms with Crippen molar-refractivity contribution in [3.05, 3.63) is 126 Å². The number of fused-ring (bicyclic) bond motifs is 2. The van der Waals surface area contributed by atoms with Crippen LogP contribution < -0.4 is 30.2 Å². The monoisotopic (exact) mass is 814 g/mol. The summed E-state index contributed by atoms with van der Waals surface area (Å²) < 4.78 is 20.5. The Balaban J connectivity index is 1.13. The predicted octanol–water partition coefficient (Wildman–Crippen LogP) is 5.96. The van der Waals surface area contributed by atoms with E-state index in [-0.39, 0.29) is 47.9 Å². The summed E-state index contributed by atoms with van der Waals surface area (Å²) in [7, 11) is 0.899. The molecule has 0 saturated carbocycles. The van der Waals surface area contributed by atoms with Gasteiger partial charge in [0.05, 0.1) is 64.9 Å². The van der Waals surface area contributed by atoms with Crippen LogP contribution in [0.3, 0.4) is 0 Å². The topological polar surface area (TPSA) is 140 Å². The first-order valence-corrected chi connectivity index (χ1v) is 23.7. The number of rotatable bonds is 14. The summed E-state index contributed by atoms with van der Waals surface area (Å²) in [5.74, 6) is 0.780. The van der Waals surface area contributed by atoms with E-state index in [1.807, 2.05) is 101 Å². The van der Waals surface area contributed by atoms with Crippen LogP contribution in [0.4, 0.5) is 11.4 Å². The zero-order chi connectivity index (χ0) is 41.3. The Morgan fingerprint density at radius 2 is 1.78 bits per heavy atom. The minimum absolute atomic E-state index is 0.0130. The molecule has 3 aliphatic heterocycles. The van der Waals surface area contributed by atoms with Gasteiger partial charge in [-0.1, -0.05) is 85.0 Å². The van der Waals surface area contributed by atoms with E-state index in [1.165, 1.54) is 5.19 Å². The molecule has 3 aliphatic rings. The number of methoxy groups -OCH3 is 2. The molecule has 1 spiro atoms. The highest BCUT2D eigenvalue weighted by molar-refractivity contribution is 6.91. The van der Waals surface area contributed by atoms with Crippen LogP contribution in [0, 0.1) is 5.92 Å². The number of anilines is 2. The first kappa shape index (κ1) is 40.4. The quantitative estimate of drug-likeness (QED) is 0.116. The normalized spacial score (nSPS) is 23.1. The van der Waals surface area contributed by atoms with E-state index in [4.69, 9.17) is 14.2 Å². The molecule has 0 aliphatic carbocycles. The summed E-state index contributed by atoms with van der Waals surface area (Å²) in [5.41, 5.74) is 3.57. The fourth-order valence-corrected chi connectivity index (χ4v) is 13.9. The van der Waals surface area contributed by atoms with Gasteiger partial charge in [-0.05, 0) is 84.9 Å². The Kier molecular flexibility index (Phi) is 11.5. The van der Waals surface area contributed by atoms with Crippen molar-refractivity contribution in [1.82, 2.24) is 20.3 Å². The van der Waals surface area contributed by atoms with Crippen LogP contribution in [0.2, 0.25) is 18.6 Å². The number of aromatic nitrogens is 3. The highest BCUT2D eigenvalue weighted by Gasteiger charge is 2.66. The summed E-state index contributed by atoms with van der Waals surface area (Å²) in [6.07, 6.45) is 3.98. The molecule has 3 N–H and O–H groups in total. The molecule has 2 saturated heterocycles. The molecular weight excluding hydrogens is 761 g/mol. The molecule has 59 heavy (non-hydrogen) atoms. The van der Waals surface area contributed by atoms with Gasteiger partial charge in [0, 0.05) is 29.9 Å². The Morgan fingerprint density at radius 3 is 2.49 bits per heavy atom. The van der Waals surface area contributed by atoms with Crippen molar-refractivity contribution in [1.29, 1.82) is 0 Å². The highest BCUT2D eigenvalue weighted by atomic mass is 28.3. The molecule has 12 nitrogen and oxygen atoms in total. The van der Waals surface area contributed by atoms with Crippen molar-refractivity contribution in [3.8, 4) is 11.5 Å². The lowest BCUT2D eigenvalue weighted by Gasteiger charge is -2.37. The molecule has 4 heterocycles. The van der Waals surface area contributed by atoms with Crippen molar-refractivity contribution in [2.45, 2.75) is 81.6 Å². The van der Waals surface area contributed by atoms with Gasteiger partial charge in [-0.2, -0.15) is 0 Å². The molecule has 13 heteroatoms. The van der Waals surface area contributed by atoms with E-state index in [9.17, 15) is 9.90 Å². The summed E-state index contributed by atoms with van der Waals surface area (Å²) >= 11 is 0. The van der Waals surface area contributed by atoms with Crippen LogP contribution in [0.25, 0.3) is 0 Å². The molecule has 5 aromatic rings. The molecule has 1 unspecified atom stereocenters. The summed E-state index contributed by atoms with van der Waals surface area (Å²) in [6, 6.07) is 31.6. The number of carbonyl (C=O) groups excluding carboxylic acids is 2. The van der Waals surface area contributed by atoms with E-state index in [0.29, 0.717) is 36.6 Å². The van der Waals surface area contributed by atoms with Gasteiger partial charge in [0.15, 0.2) is 5.60 Å². The number of benzene rings is 4. The summed E-state index contributed by atoms with van der Waals surface area (Å²) in [4.78, 5) is 30.3. The minimum Gasteiger partial charge on any atom is -0.497 e. The Labute approximate surface area is 346 Å². The maximum atomic E-state index is 15.4. The zero-order valence-corrected chi connectivity index (χ0v) is 35.4. The van der Waals surface area contributed by atoms with Crippen LogP contribution in [0.1, 0.15) is 54.5 Å². The fraction of sp³-hybridized carbons (Fsp3) is 0.391. The number of hydrogen-bond donors (Lipinski definition) is 3. The maximum absolute atomic E-state index is 15.4. The summed E-state index contributed by atoms with van der Waals surface area (Å²) in [6.45, 7) is 8.48. The number of hydrogen-bond acceptors (Lipinski definition) is 9. The molecule has 1 aromatic heterocycles. The largest absolute Gasteiger partial charge is 0.497 e. The lowest BCUT2D eigenvalue weighted by molar-refractivity contribution is -0.146. The first-order chi connectivity index (χ1) is 28.6. The minimum atomic E-state index is -2.41. The maximum Gasteiger partial charge on any atom is 0.264 e. The van der Waals surface area contributed by atoms with Gasteiger partial charge in [-0.3, -0.25) is 14.3 Å². The lowest BCUT2D eigenvalue weighted by atomic mass is 9.82. The molecule has 4 aromatic carbocycles. The molecule has 2 amide bonds. The Hall–Kier alpha value is -5.34. The second-order valence-electron chi connectivity index (χ2n) is 16.6. The van der Waals surface area contributed by atoms with Gasteiger partial charge in [-0.25, -0.2) is 0 Å². The van der Waals surface area contributed by atoms with Crippen LogP contribution in [0.5, 0.6) is 11.5 Å². The van der Waals surface area contributed by atoms with E-state index >= 15 is 4.79 Å². The van der Waals surface area contributed by atoms with Crippen LogP contribution in [0.15, 0.2) is 103 Å². The van der Waals surface area contributed by atoms with Crippen LogP contribution in [-0.2, 0) is 33.0 Å².